The molecule has 0 aliphatic heterocycles. The van der Waals surface area contributed by atoms with Crippen LogP contribution in [0, 0.1) is 6.92 Å². The molecule has 1 heterocycles. The molecular formula is C28H23NO2. The number of nitrogens with zero attached hydrogens (tertiary/aromatic N) is 1. The Morgan fingerprint density at radius 2 is 1.45 bits per heavy atom. The summed E-state index contributed by atoms with van der Waals surface area (Å²) in [5.74, 6) is 0.0295. The molecule has 31 heavy (non-hydrogen) atoms. The van der Waals surface area contributed by atoms with E-state index in [1.54, 1.807) is 24.4 Å². The van der Waals surface area contributed by atoms with Gasteiger partial charge < -0.3 is 0 Å². The maximum atomic E-state index is 12.9. The van der Waals surface area contributed by atoms with Gasteiger partial charge >= 0.3 is 0 Å². The van der Waals surface area contributed by atoms with Crippen LogP contribution in [-0.2, 0) is 17.6 Å². The van der Waals surface area contributed by atoms with Crippen LogP contribution in [0.2, 0.25) is 0 Å². The Labute approximate surface area is 182 Å². The number of aryl methyl sites for hydroxylation is 1. The van der Waals surface area contributed by atoms with Crippen LogP contribution >= 0.6 is 0 Å². The summed E-state index contributed by atoms with van der Waals surface area (Å²) in [6.07, 6.45) is 2.37. The number of carbonyl (C=O) groups is 2. The highest BCUT2D eigenvalue weighted by molar-refractivity contribution is 6.10. The fourth-order valence-corrected chi connectivity index (χ4v) is 3.68. The molecule has 3 nitrogen and oxygen atoms in total. The largest absolute Gasteiger partial charge is 0.299 e. The molecule has 0 bridgehead atoms. The number of ketones is 2. The molecule has 3 heteroatoms. The van der Waals surface area contributed by atoms with Crippen molar-refractivity contribution in [3.8, 4) is 11.1 Å². The molecule has 0 radical (unpaired) electrons. The molecule has 0 amide bonds. The van der Waals surface area contributed by atoms with Gasteiger partial charge in [-0.3, -0.25) is 14.6 Å². The highest BCUT2D eigenvalue weighted by Gasteiger charge is 2.15. The van der Waals surface area contributed by atoms with Gasteiger partial charge in [0.05, 0.1) is 0 Å². The van der Waals surface area contributed by atoms with Gasteiger partial charge in [0.15, 0.2) is 5.78 Å². The van der Waals surface area contributed by atoms with Crippen LogP contribution in [-0.4, -0.2) is 16.6 Å². The number of Topliss-reactive ketones (excluding diaryl/α,β-unsaturated/α-hetero) is 1. The summed E-state index contributed by atoms with van der Waals surface area (Å²) in [7, 11) is 0. The SMILES string of the molecule is Cc1cc(-c2ccc(CC(=O)Cc3ccccc3C(=O)c3ccccc3)cc2)ccn1. The van der Waals surface area contributed by atoms with Crippen molar-refractivity contribution in [1.82, 2.24) is 4.98 Å². The lowest BCUT2D eigenvalue weighted by molar-refractivity contribution is -0.117. The van der Waals surface area contributed by atoms with Crippen LogP contribution in [0.3, 0.4) is 0 Å². The van der Waals surface area contributed by atoms with Gasteiger partial charge in [0.25, 0.3) is 0 Å². The summed E-state index contributed by atoms with van der Waals surface area (Å²) < 4.78 is 0. The monoisotopic (exact) mass is 405 g/mol. The number of hydrogen-bond acceptors (Lipinski definition) is 3. The van der Waals surface area contributed by atoms with Gasteiger partial charge in [-0.1, -0.05) is 78.9 Å². The fourth-order valence-electron chi connectivity index (χ4n) is 3.68. The fraction of sp³-hybridized carbons (Fsp3) is 0.107. The Hall–Kier alpha value is -3.85. The Balaban J connectivity index is 1.47. The topological polar surface area (TPSA) is 47.0 Å². The van der Waals surface area contributed by atoms with E-state index in [0.29, 0.717) is 17.5 Å². The number of pyridine rings is 1. The molecular weight excluding hydrogens is 382 g/mol. The molecule has 4 rings (SSSR count). The zero-order valence-electron chi connectivity index (χ0n) is 17.4. The van der Waals surface area contributed by atoms with Gasteiger partial charge in [-0.05, 0) is 41.3 Å². The average molecular weight is 405 g/mol. The van der Waals surface area contributed by atoms with Gasteiger partial charge in [0.1, 0.15) is 5.78 Å². The smallest absolute Gasteiger partial charge is 0.193 e. The first-order valence-corrected chi connectivity index (χ1v) is 10.3. The molecule has 0 saturated carbocycles. The standard InChI is InChI=1S/C28H23NO2/c1-20-17-24(15-16-29-20)22-13-11-21(12-14-22)18-26(30)19-25-9-5-6-10-27(25)28(31)23-7-3-2-4-8-23/h2-17H,18-19H2,1H3. The summed E-state index contributed by atoms with van der Waals surface area (Å²) in [4.78, 5) is 29.9. The van der Waals surface area contributed by atoms with E-state index < -0.39 is 0 Å². The van der Waals surface area contributed by atoms with E-state index in [4.69, 9.17) is 0 Å². The summed E-state index contributed by atoms with van der Waals surface area (Å²) in [6.45, 7) is 1.97. The van der Waals surface area contributed by atoms with E-state index in [0.717, 1.165) is 27.9 Å². The van der Waals surface area contributed by atoms with Crippen molar-refractivity contribution >= 4 is 11.6 Å². The highest BCUT2D eigenvalue weighted by Crippen LogP contribution is 2.21. The number of carbonyl (C=O) groups excluding carboxylic acids is 2. The lowest BCUT2D eigenvalue weighted by Gasteiger charge is -2.09. The first-order valence-electron chi connectivity index (χ1n) is 10.3. The Kier molecular flexibility index (Phi) is 6.13. The van der Waals surface area contributed by atoms with Crippen molar-refractivity contribution < 1.29 is 9.59 Å². The minimum Gasteiger partial charge on any atom is -0.299 e. The molecule has 0 spiro atoms. The summed E-state index contributed by atoms with van der Waals surface area (Å²) in [6, 6.07) is 28.6. The van der Waals surface area contributed by atoms with Gasteiger partial charge in [0, 0.05) is 35.9 Å². The van der Waals surface area contributed by atoms with Gasteiger partial charge in [0.2, 0.25) is 0 Å². The maximum absolute atomic E-state index is 12.9. The Morgan fingerprint density at radius 1 is 0.742 bits per heavy atom. The van der Waals surface area contributed by atoms with Gasteiger partial charge in [-0.15, -0.1) is 0 Å². The molecule has 1 aromatic heterocycles. The average Bonchev–Trinajstić information content (AvgIpc) is 2.80. The third-order valence-electron chi connectivity index (χ3n) is 5.27. The number of rotatable bonds is 7. The van der Waals surface area contributed by atoms with E-state index in [9.17, 15) is 9.59 Å². The van der Waals surface area contributed by atoms with Gasteiger partial charge in [-0.2, -0.15) is 0 Å². The Morgan fingerprint density at radius 3 is 2.19 bits per heavy atom. The number of aromatic nitrogens is 1. The Bertz CT molecular complexity index is 1210. The molecule has 0 aliphatic rings. The van der Waals surface area contributed by atoms with Crippen molar-refractivity contribution in [2.24, 2.45) is 0 Å². The summed E-state index contributed by atoms with van der Waals surface area (Å²) >= 11 is 0. The molecule has 152 valence electrons. The summed E-state index contributed by atoms with van der Waals surface area (Å²) in [5, 5.41) is 0. The van der Waals surface area contributed by atoms with E-state index in [1.807, 2.05) is 79.7 Å². The third kappa shape index (κ3) is 5.01. The predicted molar refractivity (Wildman–Crippen MR) is 123 cm³/mol. The van der Waals surface area contributed by atoms with Crippen molar-refractivity contribution in [1.29, 1.82) is 0 Å². The van der Waals surface area contributed by atoms with Crippen LogP contribution in [0.5, 0.6) is 0 Å². The molecule has 0 saturated heterocycles. The first kappa shape index (κ1) is 20.4. The first-order chi connectivity index (χ1) is 15.1. The van der Waals surface area contributed by atoms with Crippen molar-refractivity contribution in [3.63, 3.8) is 0 Å². The zero-order chi connectivity index (χ0) is 21.6. The molecule has 0 unspecified atom stereocenters. The normalized spacial score (nSPS) is 10.6. The second-order valence-corrected chi connectivity index (χ2v) is 7.63. The van der Waals surface area contributed by atoms with Crippen molar-refractivity contribution in [3.05, 3.63) is 125 Å². The van der Waals surface area contributed by atoms with Crippen LogP contribution in [0.4, 0.5) is 0 Å². The van der Waals surface area contributed by atoms with E-state index in [2.05, 4.69) is 4.98 Å². The lowest BCUT2D eigenvalue weighted by atomic mass is 9.94. The van der Waals surface area contributed by atoms with E-state index in [-0.39, 0.29) is 18.0 Å². The van der Waals surface area contributed by atoms with Gasteiger partial charge in [-0.25, -0.2) is 0 Å². The quantitative estimate of drug-likeness (QED) is 0.374. The van der Waals surface area contributed by atoms with Crippen LogP contribution < -0.4 is 0 Å². The maximum Gasteiger partial charge on any atom is 0.193 e. The van der Waals surface area contributed by atoms with Crippen LogP contribution in [0.15, 0.2) is 97.2 Å². The van der Waals surface area contributed by atoms with Crippen molar-refractivity contribution in [2.75, 3.05) is 0 Å². The molecule has 0 N–H and O–H groups in total. The molecule has 4 aromatic rings. The zero-order valence-corrected chi connectivity index (χ0v) is 17.4. The summed E-state index contributed by atoms with van der Waals surface area (Å²) in [5.41, 5.74) is 6.13. The lowest BCUT2D eigenvalue weighted by Crippen LogP contribution is -2.11. The minimum atomic E-state index is -0.0546. The third-order valence-corrected chi connectivity index (χ3v) is 5.27. The minimum absolute atomic E-state index is 0.0546. The number of benzene rings is 3. The molecule has 0 atom stereocenters. The second-order valence-electron chi connectivity index (χ2n) is 7.63. The van der Waals surface area contributed by atoms with Crippen LogP contribution in [0.1, 0.15) is 32.7 Å². The van der Waals surface area contributed by atoms with Crippen LogP contribution in [0.25, 0.3) is 11.1 Å². The molecule has 3 aromatic carbocycles. The highest BCUT2D eigenvalue weighted by atomic mass is 16.1. The van der Waals surface area contributed by atoms with Crippen molar-refractivity contribution in [2.45, 2.75) is 19.8 Å². The molecule has 0 aliphatic carbocycles. The predicted octanol–water partition coefficient (Wildman–Crippen LogP) is 5.64. The molecule has 0 fully saturated rings. The number of hydrogen-bond donors (Lipinski definition) is 0. The second kappa shape index (κ2) is 9.31. The van der Waals surface area contributed by atoms with E-state index in [1.165, 1.54) is 0 Å². The van der Waals surface area contributed by atoms with E-state index >= 15 is 0 Å².